The molecular formula is C8H18N2O2S. The van der Waals surface area contributed by atoms with E-state index in [1.54, 1.807) is 14.1 Å². The first-order chi connectivity index (χ1) is 6.08. The van der Waals surface area contributed by atoms with E-state index in [1.807, 2.05) is 0 Å². The van der Waals surface area contributed by atoms with Gasteiger partial charge in [0.1, 0.15) is 0 Å². The number of sulfonamides is 1. The largest absolute Gasteiger partial charge is 0.319 e. The molecule has 1 saturated carbocycles. The van der Waals surface area contributed by atoms with Crippen molar-refractivity contribution in [2.45, 2.75) is 25.3 Å². The van der Waals surface area contributed by atoms with Crippen LogP contribution in [-0.2, 0) is 10.0 Å². The highest BCUT2D eigenvalue weighted by molar-refractivity contribution is 7.89. The average molecular weight is 206 g/mol. The van der Waals surface area contributed by atoms with Crippen LogP contribution < -0.4 is 5.32 Å². The lowest BCUT2D eigenvalue weighted by molar-refractivity contribution is 0.249. The Balaban J connectivity index is 2.47. The summed E-state index contributed by atoms with van der Waals surface area (Å²) in [4.78, 5) is 0. The summed E-state index contributed by atoms with van der Waals surface area (Å²) in [6, 6.07) is 0.266. The van der Waals surface area contributed by atoms with Gasteiger partial charge in [-0.25, -0.2) is 12.7 Å². The smallest absolute Gasteiger partial charge is 0.215 e. The molecule has 13 heavy (non-hydrogen) atoms. The van der Waals surface area contributed by atoms with Gasteiger partial charge in [-0.05, 0) is 19.9 Å². The summed E-state index contributed by atoms with van der Waals surface area (Å²) >= 11 is 0. The summed E-state index contributed by atoms with van der Waals surface area (Å²) < 4.78 is 24.8. The zero-order chi connectivity index (χ0) is 9.90. The van der Waals surface area contributed by atoms with Crippen LogP contribution in [0.25, 0.3) is 0 Å². The number of hydrogen-bond acceptors (Lipinski definition) is 3. The van der Waals surface area contributed by atoms with Crippen LogP contribution in [0.1, 0.15) is 19.3 Å². The molecule has 1 fully saturated rings. The fourth-order valence-corrected chi connectivity index (χ4v) is 2.77. The molecule has 0 atom stereocenters. The lowest BCUT2D eigenvalue weighted by Crippen LogP contribution is -2.43. The summed E-state index contributed by atoms with van der Waals surface area (Å²) in [6.45, 7) is 0.527. The maximum absolute atomic E-state index is 11.6. The van der Waals surface area contributed by atoms with Crippen molar-refractivity contribution in [2.24, 2.45) is 0 Å². The molecule has 1 rings (SSSR count). The topological polar surface area (TPSA) is 49.4 Å². The summed E-state index contributed by atoms with van der Waals surface area (Å²) in [5.41, 5.74) is 0. The van der Waals surface area contributed by atoms with Gasteiger partial charge < -0.3 is 5.32 Å². The second-order valence-electron chi connectivity index (χ2n) is 3.52. The van der Waals surface area contributed by atoms with Gasteiger partial charge in [0.05, 0.1) is 5.75 Å². The standard InChI is InChI=1S/C8H18N2O2S/c1-9-6-7-13(11,12)10(2)8-4-3-5-8/h8-9H,3-7H2,1-2H3. The minimum atomic E-state index is -3.01. The summed E-state index contributed by atoms with van der Waals surface area (Å²) in [7, 11) is 0.440. The Hall–Kier alpha value is -0.130. The zero-order valence-electron chi connectivity index (χ0n) is 8.28. The van der Waals surface area contributed by atoms with Crippen LogP contribution in [0.3, 0.4) is 0 Å². The Morgan fingerprint density at radius 3 is 2.46 bits per heavy atom. The van der Waals surface area contributed by atoms with E-state index in [-0.39, 0.29) is 11.8 Å². The van der Waals surface area contributed by atoms with Gasteiger partial charge >= 0.3 is 0 Å². The van der Waals surface area contributed by atoms with Gasteiger partial charge in [0.25, 0.3) is 0 Å². The maximum atomic E-state index is 11.6. The third-order valence-corrected chi connectivity index (χ3v) is 4.53. The lowest BCUT2D eigenvalue weighted by atomic mass is 9.94. The summed E-state index contributed by atoms with van der Waals surface area (Å²) in [5, 5.41) is 2.85. The van der Waals surface area contributed by atoms with Gasteiger partial charge in [-0.3, -0.25) is 0 Å². The van der Waals surface area contributed by atoms with E-state index in [0.29, 0.717) is 6.54 Å². The number of hydrogen-bond donors (Lipinski definition) is 1. The van der Waals surface area contributed by atoms with Crippen LogP contribution in [-0.4, -0.2) is 45.2 Å². The monoisotopic (exact) mass is 206 g/mol. The highest BCUT2D eigenvalue weighted by Crippen LogP contribution is 2.25. The normalized spacial score (nSPS) is 19.0. The van der Waals surface area contributed by atoms with Crippen LogP contribution in [0.15, 0.2) is 0 Å². The minimum absolute atomic E-state index is 0.205. The highest BCUT2D eigenvalue weighted by Gasteiger charge is 2.29. The second kappa shape index (κ2) is 4.39. The van der Waals surface area contributed by atoms with E-state index in [0.717, 1.165) is 19.3 Å². The average Bonchev–Trinajstić information content (AvgIpc) is 1.97. The molecule has 78 valence electrons. The molecule has 1 aliphatic carbocycles. The molecule has 5 heteroatoms. The molecule has 0 bridgehead atoms. The quantitative estimate of drug-likeness (QED) is 0.690. The van der Waals surface area contributed by atoms with E-state index in [9.17, 15) is 8.42 Å². The van der Waals surface area contributed by atoms with E-state index in [1.165, 1.54) is 4.31 Å². The molecule has 0 heterocycles. The van der Waals surface area contributed by atoms with E-state index < -0.39 is 10.0 Å². The van der Waals surface area contributed by atoms with Crippen LogP contribution >= 0.6 is 0 Å². The van der Waals surface area contributed by atoms with Crippen LogP contribution in [0.5, 0.6) is 0 Å². The molecule has 1 aliphatic rings. The molecule has 0 saturated heterocycles. The molecule has 0 radical (unpaired) electrons. The number of nitrogens with one attached hydrogen (secondary N) is 1. The number of rotatable bonds is 5. The Bertz CT molecular complexity index is 247. The third kappa shape index (κ3) is 2.65. The van der Waals surface area contributed by atoms with Crippen molar-refractivity contribution >= 4 is 10.0 Å². The molecule has 0 aliphatic heterocycles. The maximum Gasteiger partial charge on any atom is 0.215 e. The summed E-state index contributed by atoms with van der Waals surface area (Å²) in [5.74, 6) is 0.205. The predicted octanol–water partition coefficient (Wildman–Crippen LogP) is 0.0199. The van der Waals surface area contributed by atoms with Crippen molar-refractivity contribution in [1.82, 2.24) is 9.62 Å². The first kappa shape index (κ1) is 10.9. The fraction of sp³-hybridized carbons (Fsp3) is 1.00. The van der Waals surface area contributed by atoms with Crippen molar-refractivity contribution in [3.8, 4) is 0 Å². The van der Waals surface area contributed by atoms with Gasteiger partial charge in [0.15, 0.2) is 0 Å². The van der Waals surface area contributed by atoms with Crippen LogP contribution in [0.4, 0.5) is 0 Å². The van der Waals surface area contributed by atoms with Crippen molar-refractivity contribution in [1.29, 1.82) is 0 Å². The first-order valence-corrected chi connectivity index (χ1v) is 6.29. The predicted molar refractivity (Wildman–Crippen MR) is 53.1 cm³/mol. The SMILES string of the molecule is CNCCS(=O)(=O)N(C)C1CCC1. The Morgan fingerprint density at radius 2 is 2.08 bits per heavy atom. The molecule has 0 spiro atoms. The lowest BCUT2D eigenvalue weighted by Gasteiger charge is -2.33. The van der Waals surface area contributed by atoms with Crippen molar-refractivity contribution in [3.63, 3.8) is 0 Å². The Labute approximate surface area is 80.4 Å². The zero-order valence-corrected chi connectivity index (χ0v) is 9.10. The molecule has 4 nitrogen and oxygen atoms in total. The van der Waals surface area contributed by atoms with Crippen molar-refractivity contribution < 1.29 is 8.42 Å². The van der Waals surface area contributed by atoms with Gasteiger partial charge in [-0.1, -0.05) is 6.42 Å². The van der Waals surface area contributed by atoms with Gasteiger partial charge in [-0.15, -0.1) is 0 Å². The van der Waals surface area contributed by atoms with Gasteiger partial charge in [0.2, 0.25) is 10.0 Å². The molecule has 0 amide bonds. The van der Waals surface area contributed by atoms with E-state index in [4.69, 9.17) is 0 Å². The third-order valence-electron chi connectivity index (χ3n) is 2.64. The summed E-state index contributed by atoms with van der Waals surface area (Å²) in [6.07, 6.45) is 3.21. The van der Waals surface area contributed by atoms with Crippen LogP contribution in [0.2, 0.25) is 0 Å². The highest BCUT2D eigenvalue weighted by atomic mass is 32.2. The molecule has 1 N–H and O–H groups in total. The van der Waals surface area contributed by atoms with Crippen LogP contribution in [0, 0.1) is 0 Å². The van der Waals surface area contributed by atoms with Crippen molar-refractivity contribution in [3.05, 3.63) is 0 Å². The number of nitrogens with zero attached hydrogens (tertiary/aromatic N) is 1. The molecule has 0 aromatic rings. The molecule has 0 aromatic carbocycles. The molecule has 0 unspecified atom stereocenters. The van der Waals surface area contributed by atoms with Gasteiger partial charge in [0, 0.05) is 19.6 Å². The van der Waals surface area contributed by atoms with Gasteiger partial charge in [-0.2, -0.15) is 0 Å². The minimum Gasteiger partial charge on any atom is -0.319 e. The second-order valence-corrected chi connectivity index (χ2v) is 5.67. The van der Waals surface area contributed by atoms with Crippen molar-refractivity contribution in [2.75, 3.05) is 26.4 Å². The van der Waals surface area contributed by atoms with E-state index >= 15 is 0 Å². The molecule has 0 aromatic heterocycles. The molecular weight excluding hydrogens is 188 g/mol. The Kier molecular flexibility index (Phi) is 3.70. The fourth-order valence-electron chi connectivity index (χ4n) is 1.35. The van der Waals surface area contributed by atoms with E-state index in [2.05, 4.69) is 5.32 Å². The Morgan fingerprint density at radius 1 is 1.46 bits per heavy atom. The first-order valence-electron chi connectivity index (χ1n) is 4.68.